The summed E-state index contributed by atoms with van der Waals surface area (Å²) in [4.78, 5) is 53.7. The predicted molar refractivity (Wildman–Crippen MR) is 132 cm³/mol. The third-order valence-corrected chi connectivity index (χ3v) is 9.02. The van der Waals surface area contributed by atoms with Crippen LogP contribution in [0.15, 0.2) is 24.3 Å². The summed E-state index contributed by atoms with van der Waals surface area (Å²) in [5.74, 6) is -1.54. The number of nitrogens with zero attached hydrogens (tertiary/aromatic N) is 2. The number of anilines is 1. The maximum atomic E-state index is 13.8. The molecule has 1 aliphatic heterocycles. The first kappa shape index (κ1) is 27.4. The second-order valence-electron chi connectivity index (χ2n) is 10.3. The summed E-state index contributed by atoms with van der Waals surface area (Å²) in [7, 11) is -2.77. The molecule has 2 aliphatic rings. The molecule has 1 heterocycles. The summed E-state index contributed by atoms with van der Waals surface area (Å²) in [6.07, 6.45) is 2.55. The fourth-order valence-electron chi connectivity index (χ4n) is 5.07. The Labute approximate surface area is 207 Å². The van der Waals surface area contributed by atoms with E-state index in [2.05, 4.69) is 0 Å². The zero-order valence-corrected chi connectivity index (χ0v) is 22.2. The van der Waals surface area contributed by atoms with Gasteiger partial charge in [-0.2, -0.15) is 0 Å². The molecule has 9 nitrogen and oxygen atoms in total. The molecule has 1 fully saturated rings. The Balaban J connectivity index is 1.94. The molecule has 0 spiro atoms. The largest absolute Gasteiger partial charge is 0.459 e. The summed E-state index contributed by atoms with van der Waals surface area (Å²) in [5, 5.41) is -1.56. The first-order valence-electron chi connectivity index (χ1n) is 12.2. The Morgan fingerprint density at radius 2 is 1.86 bits per heavy atom. The zero-order valence-electron chi connectivity index (χ0n) is 21.3. The lowest BCUT2D eigenvalue weighted by molar-refractivity contribution is -0.153. The lowest BCUT2D eigenvalue weighted by atomic mass is 10.0. The van der Waals surface area contributed by atoms with E-state index >= 15 is 0 Å². The molecular formula is C25H37N2O7P. The van der Waals surface area contributed by atoms with E-state index in [0.717, 1.165) is 5.56 Å². The maximum absolute atomic E-state index is 13.8. The number of ether oxygens (including phenoxy) is 1. The highest BCUT2D eigenvalue weighted by atomic mass is 31.2. The minimum atomic E-state index is -4.27. The van der Waals surface area contributed by atoms with Gasteiger partial charge in [0.2, 0.25) is 11.8 Å². The van der Waals surface area contributed by atoms with Crippen molar-refractivity contribution < 1.29 is 33.1 Å². The van der Waals surface area contributed by atoms with Crippen molar-refractivity contribution in [3.05, 3.63) is 29.8 Å². The van der Waals surface area contributed by atoms with Crippen LogP contribution in [0.2, 0.25) is 0 Å². The number of likely N-dealkylation sites (N-methyl/N-ethyl adjacent to an activating group) is 1. The fraction of sp³-hybridized carbons (Fsp3) is 0.640. The Hall–Kier alpha value is -2.22. The Bertz CT molecular complexity index is 1010. The molecule has 0 bridgehead atoms. The van der Waals surface area contributed by atoms with Gasteiger partial charge in [0.25, 0.3) is 0 Å². The molecule has 35 heavy (non-hydrogen) atoms. The van der Waals surface area contributed by atoms with Crippen LogP contribution in [0.4, 0.5) is 5.69 Å². The number of aryl methyl sites for hydroxylation is 1. The lowest BCUT2D eigenvalue weighted by Crippen LogP contribution is -2.55. The summed E-state index contributed by atoms with van der Waals surface area (Å²) in [6, 6.07) is 6.42. The summed E-state index contributed by atoms with van der Waals surface area (Å²) in [5.41, 5.74) is 0.767. The van der Waals surface area contributed by atoms with Gasteiger partial charge in [0, 0.05) is 12.7 Å². The van der Waals surface area contributed by atoms with E-state index in [9.17, 15) is 23.8 Å². The number of carbonyl (C=O) groups excluding carboxylic acids is 3. The summed E-state index contributed by atoms with van der Waals surface area (Å²) < 4.78 is 23.8. The van der Waals surface area contributed by atoms with Gasteiger partial charge in [-0.15, -0.1) is 0 Å². The van der Waals surface area contributed by atoms with E-state index in [0.29, 0.717) is 31.4 Å². The van der Waals surface area contributed by atoms with E-state index in [4.69, 9.17) is 9.26 Å². The van der Waals surface area contributed by atoms with Crippen molar-refractivity contribution in [2.24, 2.45) is 0 Å². The Kier molecular flexibility index (Phi) is 8.14. The number of amides is 2. The quantitative estimate of drug-likeness (QED) is 0.442. The van der Waals surface area contributed by atoms with Crippen molar-refractivity contribution in [3.63, 3.8) is 0 Å². The molecule has 0 saturated heterocycles. The van der Waals surface area contributed by atoms with E-state index in [1.807, 2.05) is 12.1 Å². The first-order valence-corrected chi connectivity index (χ1v) is 13.8. The number of fused-ring (bicyclic) bond motifs is 1. The van der Waals surface area contributed by atoms with Crippen molar-refractivity contribution >= 4 is 31.1 Å². The van der Waals surface area contributed by atoms with Crippen molar-refractivity contribution in [1.82, 2.24) is 4.90 Å². The van der Waals surface area contributed by atoms with Crippen LogP contribution in [0.25, 0.3) is 0 Å². The van der Waals surface area contributed by atoms with Gasteiger partial charge in [-0.05, 0) is 65.0 Å². The van der Waals surface area contributed by atoms with E-state index in [1.165, 1.54) is 16.8 Å². The number of esters is 1. The molecular weight excluding hydrogens is 471 g/mol. The smallest absolute Gasteiger partial charge is 0.343 e. The van der Waals surface area contributed by atoms with Gasteiger partial charge in [-0.3, -0.25) is 23.8 Å². The third kappa shape index (κ3) is 5.63. The van der Waals surface area contributed by atoms with Crippen LogP contribution in [-0.2, 0) is 34.6 Å². The lowest BCUT2D eigenvalue weighted by Gasteiger charge is -2.38. The van der Waals surface area contributed by atoms with Crippen LogP contribution in [0.1, 0.15) is 65.4 Å². The highest BCUT2D eigenvalue weighted by molar-refractivity contribution is 7.55. The fourth-order valence-corrected chi connectivity index (χ4v) is 6.95. The number of benzene rings is 1. The van der Waals surface area contributed by atoms with Gasteiger partial charge < -0.3 is 19.1 Å². The average Bonchev–Trinajstić information content (AvgIpc) is 3.23. The minimum Gasteiger partial charge on any atom is -0.459 e. The van der Waals surface area contributed by atoms with Gasteiger partial charge in [0.1, 0.15) is 18.2 Å². The molecule has 0 radical (unpaired) electrons. The second-order valence-corrected chi connectivity index (χ2v) is 12.4. The third-order valence-electron chi connectivity index (χ3n) is 6.69. The van der Waals surface area contributed by atoms with Crippen molar-refractivity contribution in [3.8, 4) is 0 Å². The highest BCUT2D eigenvalue weighted by Crippen LogP contribution is 2.63. The normalized spacial score (nSPS) is 21.6. The minimum absolute atomic E-state index is 0.00779. The zero-order chi connectivity index (χ0) is 26.0. The molecule has 1 saturated carbocycles. The predicted octanol–water partition coefficient (Wildman–Crippen LogP) is 3.67. The number of hydrogen-bond donors (Lipinski definition) is 1. The molecule has 1 aromatic carbocycles. The topological polar surface area (TPSA) is 113 Å². The number of para-hydroxylation sites is 1. The Morgan fingerprint density at radius 1 is 1.23 bits per heavy atom. The molecule has 10 heteroatoms. The summed E-state index contributed by atoms with van der Waals surface area (Å²) in [6.45, 7) is 6.59. The standard InChI is InChI=1S/C25H37N2O7P/c1-6-33-35(31,32)25(15-9-10-16-25)23(30)26(5)20-14-13-18-11-7-8-12-19(18)27(22(20)29)17-21(28)34-24(2,3)4/h7-8,11-12,20H,6,9-10,13-17H2,1-5H3,(H,31,32)/t20-/m0/s1. The molecule has 0 aromatic heterocycles. The van der Waals surface area contributed by atoms with Crippen molar-refractivity contribution in [2.75, 3.05) is 25.1 Å². The molecule has 2 atom stereocenters. The van der Waals surface area contributed by atoms with E-state index < -0.39 is 42.2 Å². The molecule has 1 unspecified atom stereocenters. The number of carbonyl (C=O) groups is 3. The highest BCUT2D eigenvalue weighted by Gasteiger charge is 2.58. The monoisotopic (exact) mass is 508 g/mol. The summed E-state index contributed by atoms with van der Waals surface area (Å²) >= 11 is 0. The first-order chi connectivity index (χ1) is 16.3. The van der Waals surface area contributed by atoms with Crippen LogP contribution in [0, 0.1) is 0 Å². The van der Waals surface area contributed by atoms with Gasteiger partial charge in [-0.1, -0.05) is 31.0 Å². The van der Waals surface area contributed by atoms with E-state index in [1.54, 1.807) is 39.8 Å². The SMILES string of the molecule is CCOP(=O)(O)C1(C(=O)N(C)[C@H]2CCc3ccccc3N(CC(=O)OC(C)(C)C)C2=O)CCCC1. The Morgan fingerprint density at radius 3 is 2.46 bits per heavy atom. The van der Waals surface area contributed by atoms with Crippen molar-refractivity contribution in [1.29, 1.82) is 0 Å². The molecule has 3 rings (SSSR count). The maximum Gasteiger partial charge on any atom is 0.343 e. The molecule has 2 amide bonds. The van der Waals surface area contributed by atoms with Crippen LogP contribution >= 0.6 is 7.60 Å². The van der Waals surface area contributed by atoms with Crippen LogP contribution in [0.3, 0.4) is 0 Å². The second kappa shape index (κ2) is 10.4. The van der Waals surface area contributed by atoms with Gasteiger partial charge >= 0.3 is 13.6 Å². The molecule has 1 aliphatic carbocycles. The van der Waals surface area contributed by atoms with Gasteiger partial charge in [-0.25, -0.2) is 0 Å². The number of hydrogen-bond acceptors (Lipinski definition) is 6. The molecule has 1 N–H and O–H groups in total. The van der Waals surface area contributed by atoms with Gasteiger partial charge in [0.15, 0.2) is 5.16 Å². The van der Waals surface area contributed by atoms with E-state index in [-0.39, 0.29) is 26.0 Å². The van der Waals surface area contributed by atoms with Crippen molar-refractivity contribution in [2.45, 2.75) is 83.0 Å². The van der Waals surface area contributed by atoms with Crippen LogP contribution in [0.5, 0.6) is 0 Å². The number of rotatable bonds is 7. The van der Waals surface area contributed by atoms with Gasteiger partial charge in [0.05, 0.1) is 6.61 Å². The van der Waals surface area contributed by atoms with Crippen LogP contribution < -0.4 is 4.90 Å². The molecule has 1 aromatic rings. The molecule has 194 valence electrons. The van der Waals surface area contributed by atoms with Crippen LogP contribution in [-0.4, -0.2) is 64.6 Å². The average molecular weight is 509 g/mol.